The van der Waals surface area contributed by atoms with Gasteiger partial charge < -0.3 is 15.4 Å². The summed E-state index contributed by atoms with van der Waals surface area (Å²) in [5, 5.41) is 0.763. The Morgan fingerprint density at radius 3 is 3.00 bits per heavy atom. The largest absolute Gasteiger partial charge is 0.496 e. The third-order valence-electron chi connectivity index (χ3n) is 3.25. The molecule has 3 nitrogen and oxygen atoms in total. The van der Waals surface area contributed by atoms with E-state index < -0.39 is 0 Å². The Bertz CT molecular complexity index is 384. The van der Waals surface area contributed by atoms with Crippen LogP contribution in [0, 0.1) is 0 Å². The highest BCUT2D eigenvalue weighted by atomic mass is 35.5. The molecule has 0 amide bonds. The zero-order valence-corrected chi connectivity index (χ0v) is 10.9. The number of nitrogens with two attached hydrogens (primary N) is 1. The van der Waals surface area contributed by atoms with Crippen molar-refractivity contribution in [3.63, 3.8) is 0 Å². The molecule has 1 saturated heterocycles. The first-order valence-electron chi connectivity index (χ1n) is 5.99. The van der Waals surface area contributed by atoms with Gasteiger partial charge in [0, 0.05) is 24.2 Å². The molecule has 1 aliphatic rings. The fraction of sp³-hybridized carbons (Fsp3) is 0.538. The molecule has 94 valence electrons. The summed E-state index contributed by atoms with van der Waals surface area (Å²) in [6.07, 6.45) is 2.06. The van der Waals surface area contributed by atoms with Crippen LogP contribution in [0.5, 0.6) is 5.75 Å². The fourth-order valence-electron chi connectivity index (χ4n) is 2.29. The van der Waals surface area contributed by atoms with Crippen LogP contribution in [0.3, 0.4) is 0 Å². The average molecular weight is 255 g/mol. The molecule has 0 spiro atoms. The summed E-state index contributed by atoms with van der Waals surface area (Å²) in [6.45, 7) is 3.12. The molecule has 1 aromatic rings. The van der Waals surface area contributed by atoms with E-state index in [9.17, 15) is 0 Å². The van der Waals surface area contributed by atoms with E-state index in [1.165, 1.54) is 5.56 Å². The molecule has 1 aliphatic heterocycles. The van der Waals surface area contributed by atoms with Crippen LogP contribution in [0.25, 0.3) is 0 Å². The maximum atomic E-state index is 6.00. The molecule has 4 heteroatoms. The zero-order valence-electron chi connectivity index (χ0n) is 10.2. The van der Waals surface area contributed by atoms with Gasteiger partial charge in [0.25, 0.3) is 0 Å². The maximum Gasteiger partial charge on any atom is 0.122 e. The maximum absolute atomic E-state index is 6.00. The van der Waals surface area contributed by atoms with Crippen molar-refractivity contribution in [1.29, 1.82) is 0 Å². The van der Waals surface area contributed by atoms with Crippen molar-refractivity contribution in [3.05, 3.63) is 28.8 Å². The first kappa shape index (κ1) is 12.7. The van der Waals surface area contributed by atoms with Crippen molar-refractivity contribution >= 4 is 11.6 Å². The van der Waals surface area contributed by atoms with Crippen LogP contribution in [-0.4, -0.2) is 37.7 Å². The van der Waals surface area contributed by atoms with Crippen LogP contribution in [0.1, 0.15) is 12.0 Å². The van der Waals surface area contributed by atoms with Gasteiger partial charge in [-0.05, 0) is 43.1 Å². The molecule has 2 rings (SSSR count). The van der Waals surface area contributed by atoms with E-state index in [2.05, 4.69) is 4.90 Å². The Labute approximate surface area is 107 Å². The average Bonchev–Trinajstić information content (AvgIpc) is 2.73. The number of halogens is 1. The van der Waals surface area contributed by atoms with Crippen LogP contribution in [0.4, 0.5) is 0 Å². The topological polar surface area (TPSA) is 38.5 Å². The van der Waals surface area contributed by atoms with E-state index in [0.717, 1.165) is 43.2 Å². The quantitative estimate of drug-likeness (QED) is 0.892. The number of likely N-dealkylation sites (tertiary alicyclic amines) is 1. The molecule has 1 atom stereocenters. The minimum atomic E-state index is 0.344. The summed E-state index contributed by atoms with van der Waals surface area (Å²) < 4.78 is 5.33. The van der Waals surface area contributed by atoms with Gasteiger partial charge in [-0.2, -0.15) is 0 Å². The van der Waals surface area contributed by atoms with Gasteiger partial charge in [-0.25, -0.2) is 0 Å². The van der Waals surface area contributed by atoms with Gasteiger partial charge in [-0.15, -0.1) is 0 Å². The summed E-state index contributed by atoms with van der Waals surface area (Å²) in [5.74, 6) is 0.915. The number of rotatable bonds is 4. The standard InChI is InChI=1S/C13H19ClN2O/c1-17-13-3-2-11(14)8-10(13)4-6-16-7-5-12(15)9-16/h2-3,8,12H,4-7,9,15H2,1H3. The van der Waals surface area contributed by atoms with Crippen LogP contribution < -0.4 is 10.5 Å². The molecule has 1 aromatic carbocycles. The molecule has 0 aliphatic carbocycles. The van der Waals surface area contributed by atoms with E-state index in [1.54, 1.807) is 7.11 Å². The molecular formula is C13H19ClN2O. The minimum absolute atomic E-state index is 0.344. The summed E-state index contributed by atoms with van der Waals surface area (Å²) in [7, 11) is 1.69. The molecule has 1 unspecified atom stereocenters. The lowest BCUT2D eigenvalue weighted by Gasteiger charge is -2.16. The van der Waals surface area contributed by atoms with E-state index in [4.69, 9.17) is 22.1 Å². The van der Waals surface area contributed by atoms with Crippen LogP contribution >= 0.6 is 11.6 Å². The highest BCUT2D eigenvalue weighted by Gasteiger charge is 2.18. The van der Waals surface area contributed by atoms with Gasteiger partial charge in [0.1, 0.15) is 5.75 Å². The Morgan fingerprint density at radius 2 is 2.35 bits per heavy atom. The van der Waals surface area contributed by atoms with Crippen molar-refractivity contribution in [2.24, 2.45) is 5.73 Å². The normalized spacial score (nSPS) is 20.8. The Kier molecular flexibility index (Phi) is 4.26. The highest BCUT2D eigenvalue weighted by Crippen LogP contribution is 2.23. The zero-order chi connectivity index (χ0) is 12.3. The number of hydrogen-bond donors (Lipinski definition) is 1. The van der Waals surface area contributed by atoms with E-state index in [1.807, 2.05) is 18.2 Å². The van der Waals surface area contributed by atoms with Crippen molar-refractivity contribution in [3.8, 4) is 5.75 Å². The molecule has 0 saturated carbocycles. The second kappa shape index (κ2) is 5.71. The molecular weight excluding hydrogens is 236 g/mol. The first-order chi connectivity index (χ1) is 8.19. The van der Waals surface area contributed by atoms with Gasteiger partial charge in [0.05, 0.1) is 7.11 Å². The van der Waals surface area contributed by atoms with Crippen LogP contribution in [-0.2, 0) is 6.42 Å². The van der Waals surface area contributed by atoms with Crippen molar-refractivity contribution in [1.82, 2.24) is 4.90 Å². The lowest BCUT2D eigenvalue weighted by molar-refractivity contribution is 0.335. The molecule has 1 fully saturated rings. The van der Waals surface area contributed by atoms with Gasteiger partial charge >= 0.3 is 0 Å². The third kappa shape index (κ3) is 3.35. The van der Waals surface area contributed by atoms with Crippen LogP contribution in [0.15, 0.2) is 18.2 Å². The molecule has 2 N–H and O–H groups in total. The van der Waals surface area contributed by atoms with Gasteiger partial charge in [-0.1, -0.05) is 11.6 Å². The second-order valence-corrected chi connectivity index (χ2v) is 4.99. The highest BCUT2D eigenvalue weighted by molar-refractivity contribution is 6.30. The molecule has 17 heavy (non-hydrogen) atoms. The minimum Gasteiger partial charge on any atom is -0.496 e. The Morgan fingerprint density at radius 1 is 1.53 bits per heavy atom. The van der Waals surface area contributed by atoms with Gasteiger partial charge in [0.2, 0.25) is 0 Å². The van der Waals surface area contributed by atoms with Gasteiger partial charge in [0.15, 0.2) is 0 Å². The second-order valence-electron chi connectivity index (χ2n) is 4.56. The first-order valence-corrected chi connectivity index (χ1v) is 6.37. The Hall–Kier alpha value is -0.770. The predicted molar refractivity (Wildman–Crippen MR) is 70.7 cm³/mol. The summed E-state index contributed by atoms with van der Waals surface area (Å²) in [6, 6.07) is 6.11. The summed E-state index contributed by atoms with van der Waals surface area (Å²) >= 11 is 6.00. The third-order valence-corrected chi connectivity index (χ3v) is 3.48. The Balaban J connectivity index is 1.96. The SMILES string of the molecule is COc1ccc(Cl)cc1CCN1CCC(N)C1. The van der Waals surface area contributed by atoms with Crippen molar-refractivity contribution < 1.29 is 4.74 Å². The van der Waals surface area contributed by atoms with Gasteiger partial charge in [-0.3, -0.25) is 0 Å². The number of hydrogen-bond acceptors (Lipinski definition) is 3. The molecule has 0 aromatic heterocycles. The number of ether oxygens (including phenoxy) is 1. The number of benzene rings is 1. The molecule has 1 heterocycles. The predicted octanol–water partition coefficient (Wildman–Crippen LogP) is 1.92. The monoisotopic (exact) mass is 254 g/mol. The van der Waals surface area contributed by atoms with Crippen molar-refractivity contribution in [2.45, 2.75) is 18.9 Å². The van der Waals surface area contributed by atoms with E-state index >= 15 is 0 Å². The van der Waals surface area contributed by atoms with Crippen molar-refractivity contribution in [2.75, 3.05) is 26.7 Å². The lowest BCUT2D eigenvalue weighted by atomic mass is 10.1. The summed E-state index contributed by atoms with van der Waals surface area (Å²) in [4.78, 5) is 2.39. The van der Waals surface area contributed by atoms with E-state index in [0.29, 0.717) is 6.04 Å². The fourth-order valence-corrected chi connectivity index (χ4v) is 2.48. The number of methoxy groups -OCH3 is 1. The number of nitrogens with zero attached hydrogens (tertiary/aromatic N) is 1. The van der Waals surface area contributed by atoms with E-state index in [-0.39, 0.29) is 0 Å². The molecule has 0 bridgehead atoms. The van der Waals surface area contributed by atoms with Crippen LogP contribution in [0.2, 0.25) is 5.02 Å². The molecule has 0 radical (unpaired) electrons. The summed E-state index contributed by atoms with van der Waals surface area (Å²) in [5.41, 5.74) is 7.05. The smallest absolute Gasteiger partial charge is 0.122 e. The lowest BCUT2D eigenvalue weighted by Crippen LogP contribution is -2.28.